The number of aliphatic imine (C=N–C) groups is 1. The summed E-state index contributed by atoms with van der Waals surface area (Å²) < 4.78 is 0. The average molecular weight is 283 g/mol. The molecular weight excluding hydrogens is 270 g/mol. The van der Waals surface area contributed by atoms with E-state index in [1.54, 1.807) is 0 Å². The van der Waals surface area contributed by atoms with Crippen LogP contribution in [0.4, 0.5) is 0 Å². The number of hydrogen-bond acceptors (Lipinski definition) is 3. The highest BCUT2D eigenvalue weighted by Gasteiger charge is 2.46. The van der Waals surface area contributed by atoms with Crippen LogP contribution in [0.5, 0.6) is 0 Å². The summed E-state index contributed by atoms with van der Waals surface area (Å²) in [4.78, 5) is 4.56. The standard InChI is InChI=1S/C19H13N3/c1-14-17(15-8-4-2-5-9-15)19(12-20,13-21)18(22-14)16-10-6-3-7-11-16/h2-11H,1H3. The van der Waals surface area contributed by atoms with Crippen molar-refractivity contribution < 1.29 is 0 Å². The van der Waals surface area contributed by atoms with Crippen LogP contribution in [-0.4, -0.2) is 5.71 Å². The number of nitriles is 2. The monoisotopic (exact) mass is 283 g/mol. The lowest BCUT2D eigenvalue weighted by molar-refractivity contribution is 0.956. The minimum absolute atomic E-state index is 0.509. The van der Waals surface area contributed by atoms with Crippen molar-refractivity contribution in [1.29, 1.82) is 10.5 Å². The van der Waals surface area contributed by atoms with Crippen LogP contribution in [0.1, 0.15) is 18.1 Å². The normalized spacial score (nSPS) is 15.9. The predicted octanol–water partition coefficient (Wildman–Crippen LogP) is 3.95. The maximum atomic E-state index is 9.81. The van der Waals surface area contributed by atoms with Crippen LogP contribution in [-0.2, 0) is 0 Å². The molecule has 3 nitrogen and oxygen atoms in total. The summed E-state index contributed by atoms with van der Waals surface area (Å²) in [6, 6.07) is 23.4. The smallest absolute Gasteiger partial charge is 0.213 e. The third-order valence-electron chi connectivity index (χ3n) is 3.82. The second-order valence-electron chi connectivity index (χ2n) is 5.13. The highest BCUT2D eigenvalue weighted by Crippen LogP contribution is 2.45. The van der Waals surface area contributed by atoms with E-state index in [0.717, 1.165) is 11.1 Å². The second-order valence-corrected chi connectivity index (χ2v) is 5.13. The van der Waals surface area contributed by atoms with Crippen LogP contribution >= 0.6 is 0 Å². The van der Waals surface area contributed by atoms with Gasteiger partial charge in [-0.2, -0.15) is 10.5 Å². The van der Waals surface area contributed by atoms with E-state index in [4.69, 9.17) is 0 Å². The zero-order valence-electron chi connectivity index (χ0n) is 12.1. The predicted molar refractivity (Wildman–Crippen MR) is 85.7 cm³/mol. The van der Waals surface area contributed by atoms with Crippen molar-refractivity contribution in [3.05, 3.63) is 77.5 Å². The lowest BCUT2D eigenvalue weighted by atomic mass is 9.74. The van der Waals surface area contributed by atoms with E-state index in [0.29, 0.717) is 17.0 Å². The molecule has 0 unspecified atom stereocenters. The lowest BCUT2D eigenvalue weighted by Gasteiger charge is -2.20. The minimum atomic E-state index is -1.37. The maximum absolute atomic E-state index is 9.81. The van der Waals surface area contributed by atoms with Gasteiger partial charge in [0.15, 0.2) is 0 Å². The van der Waals surface area contributed by atoms with Crippen LogP contribution in [0.2, 0.25) is 0 Å². The summed E-state index contributed by atoms with van der Waals surface area (Å²) >= 11 is 0. The molecule has 0 saturated heterocycles. The highest BCUT2D eigenvalue weighted by molar-refractivity contribution is 6.19. The fourth-order valence-electron chi connectivity index (χ4n) is 2.85. The quantitative estimate of drug-likeness (QED) is 0.837. The third-order valence-corrected chi connectivity index (χ3v) is 3.82. The third kappa shape index (κ3) is 1.92. The van der Waals surface area contributed by atoms with E-state index in [2.05, 4.69) is 17.1 Å². The van der Waals surface area contributed by atoms with Crippen molar-refractivity contribution in [3.63, 3.8) is 0 Å². The second kappa shape index (κ2) is 5.31. The molecule has 0 spiro atoms. The molecule has 1 aliphatic rings. The van der Waals surface area contributed by atoms with E-state index in [-0.39, 0.29) is 0 Å². The van der Waals surface area contributed by atoms with E-state index in [9.17, 15) is 10.5 Å². The lowest BCUT2D eigenvalue weighted by Crippen LogP contribution is -2.27. The molecule has 0 radical (unpaired) electrons. The molecule has 3 heteroatoms. The van der Waals surface area contributed by atoms with E-state index in [1.165, 1.54) is 0 Å². The van der Waals surface area contributed by atoms with Gasteiger partial charge in [-0.05, 0) is 18.1 Å². The zero-order chi connectivity index (χ0) is 15.6. The molecule has 0 amide bonds. The van der Waals surface area contributed by atoms with E-state index in [1.807, 2.05) is 67.6 Å². The largest absolute Gasteiger partial charge is 0.254 e. The Balaban J connectivity index is 2.22. The molecule has 1 heterocycles. The Labute approximate surface area is 129 Å². The van der Waals surface area contributed by atoms with Gasteiger partial charge < -0.3 is 0 Å². The van der Waals surface area contributed by atoms with Crippen molar-refractivity contribution in [2.45, 2.75) is 6.92 Å². The highest BCUT2D eigenvalue weighted by atomic mass is 14.8. The molecule has 22 heavy (non-hydrogen) atoms. The van der Waals surface area contributed by atoms with Crippen LogP contribution < -0.4 is 0 Å². The van der Waals surface area contributed by atoms with Crippen molar-refractivity contribution in [3.8, 4) is 12.1 Å². The van der Waals surface area contributed by atoms with Gasteiger partial charge >= 0.3 is 0 Å². The first-order valence-electron chi connectivity index (χ1n) is 6.97. The molecule has 0 saturated carbocycles. The summed E-state index contributed by atoms with van der Waals surface area (Å²) in [5.41, 5.74) is 2.19. The van der Waals surface area contributed by atoms with Crippen molar-refractivity contribution in [2.75, 3.05) is 0 Å². The first-order chi connectivity index (χ1) is 10.7. The number of hydrogen-bond donors (Lipinski definition) is 0. The van der Waals surface area contributed by atoms with Gasteiger partial charge in [0.1, 0.15) is 0 Å². The van der Waals surface area contributed by atoms with Gasteiger partial charge in [0, 0.05) is 11.3 Å². The number of allylic oxidation sites excluding steroid dienone is 2. The molecule has 2 aromatic rings. The summed E-state index contributed by atoms with van der Waals surface area (Å²) in [6.07, 6.45) is 0. The van der Waals surface area contributed by atoms with Crippen molar-refractivity contribution in [1.82, 2.24) is 0 Å². The molecule has 104 valence electrons. The van der Waals surface area contributed by atoms with E-state index >= 15 is 0 Å². The Morgan fingerprint density at radius 1 is 0.818 bits per heavy atom. The number of benzene rings is 2. The zero-order valence-corrected chi connectivity index (χ0v) is 12.1. The Morgan fingerprint density at radius 2 is 1.32 bits per heavy atom. The Hall–Kier alpha value is -3.17. The Bertz CT molecular complexity index is 833. The first-order valence-corrected chi connectivity index (χ1v) is 6.97. The fourth-order valence-corrected chi connectivity index (χ4v) is 2.85. The number of rotatable bonds is 2. The Kier molecular flexibility index (Phi) is 3.33. The molecule has 0 bridgehead atoms. The molecular formula is C19H13N3. The van der Waals surface area contributed by atoms with Gasteiger partial charge in [-0.3, -0.25) is 4.99 Å². The molecule has 2 aromatic carbocycles. The maximum Gasteiger partial charge on any atom is 0.213 e. The minimum Gasteiger partial charge on any atom is -0.254 e. The molecule has 1 aliphatic heterocycles. The van der Waals surface area contributed by atoms with Gasteiger partial charge in [-0.1, -0.05) is 60.7 Å². The van der Waals surface area contributed by atoms with Crippen LogP contribution in [0.3, 0.4) is 0 Å². The topological polar surface area (TPSA) is 59.9 Å². The van der Waals surface area contributed by atoms with Gasteiger partial charge in [-0.15, -0.1) is 0 Å². The molecule has 3 rings (SSSR count). The average Bonchev–Trinajstić information content (AvgIpc) is 2.89. The molecule has 0 fully saturated rings. The van der Waals surface area contributed by atoms with Crippen LogP contribution in [0.15, 0.2) is 71.4 Å². The molecule has 0 N–H and O–H groups in total. The van der Waals surface area contributed by atoms with Crippen LogP contribution in [0.25, 0.3) is 5.57 Å². The summed E-state index contributed by atoms with van der Waals surface area (Å²) in [5.74, 6) is 0. The fraction of sp³-hybridized carbons (Fsp3) is 0.105. The van der Waals surface area contributed by atoms with Gasteiger partial charge in [-0.25, -0.2) is 0 Å². The van der Waals surface area contributed by atoms with Crippen molar-refractivity contribution in [2.24, 2.45) is 10.4 Å². The van der Waals surface area contributed by atoms with Crippen LogP contribution in [0, 0.1) is 28.1 Å². The summed E-state index contributed by atoms with van der Waals surface area (Å²) in [5, 5.41) is 19.6. The van der Waals surface area contributed by atoms with Gasteiger partial charge in [0.25, 0.3) is 0 Å². The van der Waals surface area contributed by atoms with Crippen molar-refractivity contribution >= 4 is 11.3 Å². The first kappa shape index (κ1) is 13.8. The van der Waals surface area contributed by atoms with E-state index < -0.39 is 5.41 Å². The summed E-state index contributed by atoms with van der Waals surface area (Å²) in [7, 11) is 0. The van der Waals surface area contributed by atoms with Gasteiger partial charge in [0.05, 0.1) is 17.9 Å². The SMILES string of the molecule is CC1=C(c2ccccc2)C(C#N)(C#N)C(c2ccccc2)=N1. The molecule has 0 aliphatic carbocycles. The molecule has 0 atom stereocenters. The summed E-state index contributed by atoms with van der Waals surface area (Å²) in [6.45, 7) is 1.85. The van der Waals surface area contributed by atoms with Gasteiger partial charge in [0.2, 0.25) is 5.41 Å². The Morgan fingerprint density at radius 3 is 1.82 bits per heavy atom. The number of nitrogens with zero attached hydrogens (tertiary/aromatic N) is 3. The molecule has 0 aromatic heterocycles.